The second-order valence-electron chi connectivity index (χ2n) is 6.30. The molecule has 2 heterocycles. The smallest absolute Gasteiger partial charge is 0.267 e. The Hall–Kier alpha value is -2.51. The third-order valence-corrected chi connectivity index (χ3v) is 4.53. The van der Waals surface area contributed by atoms with Crippen molar-refractivity contribution < 1.29 is 10.0 Å². The molecule has 0 unspecified atom stereocenters. The van der Waals surface area contributed by atoms with E-state index in [1.807, 2.05) is 25.4 Å². The van der Waals surface area contributed by atoms with Gasteiger partial charge in [0.15, 0.2) is 0 Å². The van der Waals surface area contributed by atoms with Crippen LogP contribution in [0.4, 0.5) is 0 Å². The van der Waals surface area contributed by atoms with Crippen LogP contribution in [0.25, 0.3) is 6.08 Å². The molecule has 1 amide bonds. The molecule has 132 valence electrons. The Balaban J connectivity index is 1.61. The highest BCUT2D eigenvalue weighted by atomic mass is 16.5. The van der Waals surface area contributed by atoms with Gasteiger partial charge < -0.3 is 0 Å². The van der Waals surface area contributed by atoms with Gasteiger partial charge in [0, 0.05) is 38.3 Å². The third kappa shape index (κ3) is 4.52. The Kier molecular flexibility index (Phi) is 5.57. The van der Waals surface area contributed by atoms with Gasteiger partial charge in [-0.25, -0.2) is 5.48 Å². The van der Waals surface area contributed by atoms with Gasteiger partial charge in [-0.05, 0) is 36.6 Å². The average Bonchev–Trinajstić information content (AvgIpc) is 3.27. The van der Waals surface area contributed by atoms with E-state index in [0.29, 0.717) is 6.04 Å². The Morgan fingerprint density at radius 2 is 2.20 bits per heavy atom. The number of hydrogen-bond donors (Lipinski definition) is 2. The van der Waals surface area contributed by atoms with Crippen molar-refractivity contribution in [3.05, 3.63) is 53.4 Å². The zero-order valence-corrected chi connectivity index (χ0v) is 14.3. The maximum atomic E-state index is 11.0. The number of aromatic nitrogens is 3. The summed E-state index contributed by atoms with van der Waals surface area (Å²) in [5, 5.41) is 16.6. The number of aryl methyl sites for hydroxylation is 1. The topological polar surface area (TPSA) is 83.3 Å². The number of rotatable bonds is 6. The number of hydrogen-bond acceptors (Lipinski definition) is 5. The highest BCUT2D eigenvalue weighted by Gasteiger charge is 2.25. The van der Waals surface area contributed by atoms with E-state index in [2.05, 4.69) is 27.3 Å². The number of nitrogens with one attached hydrogen (secondary N) is 1. The first-order chi connectivity index (χ1) is 12.2. The SMILES string of the molecule is Cn1cc(CCN2CCC[C@H]2c2ccc(C=CC(=O)NO)cc2)nn1. The molecule has 1 aliphatic heterocycles. The molecule has 1 fully saturated rings. The molecular weight excluding hydrogens is 318 g/mol. The minimum absolute atomic E-state index is 0.426. The van der Waals surface area contributed by atoms with E-state index in [1.54, 1.807) is 16.2 Å². The molecule has 0 saturated carbocycles. The molecule has 25 heavy (non-hydrogen) atoms. The van der Waals surface area contributed by atoms with E-state index in [0.717, 1.165) is 37.2 Å². The van der Waals surface area contributed by atoms with Crippen molar-refractivity contribution in [1.29, 1.82) is 0 Å². The second-order valence-corrected chi connectivity index (χ2v) is 6.30. The predicted molar refractivity (Wildman–Crippen MR) is 93.7 cm³/mol. The Morgan fingerprint density at radius 3 is 2.88 bits per heavy atom. The number of nitrogens with zero attached hydrogens (tertiary/aromatic N) is 4. The molecule has 1 saturated heterocycles. The van der Waals surface area contributed by atoms with Crippen molar-refractivity contribution >= 4 is 12.0 Å². The lowest BCUT2D eigenvalue weighted by Crippen LogP contribution is -2.25. The van der Waals surface area contributed by atoms with Gasteiger partial charge in [0.25, 0.3) is 5.91 Å². The second kappa shape index (κ2) is 8.04. The van der Waals surface area contributed by atoms with Crippen LogP contribution < -0.4 is 5.48 Å². The third-order valence-electron chi connectivity index (χ3n) is 4.53. The molecule has 0 radical (unpaired) electrons. The molecule has 2 N–H and O–H groups in total. The summed E-state index contributed by atoms with van der Waals surface area (Å²) < 4.78 is 1.74. The molecule has 7 heteroatoms. The van der Waals surface area contributed by atoms with Crippen LogP contribution >= 0.6 is 0 Å². The first kappa shape index (κ1) is 17.3. The number of carbonyl (C=O) groups excluding carboxylic acids is 1. The minimum Gasteiger partial charge on any atom is -0.296 e. The predicted octanol–water partition coefficient (Wildman–Crippen LogP) is 1.71. The molecule has 1 atom stereocenters. The van der Waals surface area contributed by atoms with E-state index in [1.165, 1.54) is 18.1 Å². The van der Waals surface area contributed by atoms with E-state index >= 15 is 0 Å². The number of benzene rings is 1. The fourth-order valence-corrected chi connectivity index (χ4v) is 3.28. The molecule has 0 spiro atoms. The summed E-state index contributed by atoms with van der Waals surface area (Å²) in [6.07, 6.45) is 8.20. The highest BCUT2D eigenvalue weighted by molar-refractivity contribution is 5.90. The summed E-state index contributed by atoms with van der Waals surface area (Å²) in [6, 6.07) is 8.64. The van der Waals surface area contributed by atoms with Gasteiger partial charge >= 0.3 is 0 Å². The zero-order chi connectivity index (χ0) is 17.6. The largest absolute Gasteiger partial charge is 0.296 e. The summed E-state index contributed by atoms with van der Waals surface area (Å²) in [4.78, 5) is 13.5. The van der Waals surface area contributed by atoms with Crippen molar-refractivity contribution in [3.63, 3.8) is 0 Å². The maximum absolute atomic E-state index is 11.0. The zero-order valence-electron chi connectivity index (χ0n) is 14.3. The van der Waals surface area contributed by atoms with Crippen LogP contribution in [0.2, 0.25) is 0 Å². The lowest BCUT2D eigenvalue weighted by Gasteiger charge is -2.24. The molecule has 3 rings (SSSR count). The van der Waals surface area contributed by atoms with Crippen molar-refractivity contribution in [2.45, 2.75) is 25.3 Å². The van der Waals surface area contributed by atoms with Crippen LogP contribution in [0.3, 0.4) is 0 Å². The number of carbonyl (C=O) groups is 1. The van der Waals surface area contributed by atoms with Crippen LogP contribution in [-0.4, -0.2) is 44.1 Å². The Bertz CT molecular complexity index is 738. The molecule has 2 aromatic rings. The van der Waals surface area contributed by atoms with Crippen molar-refractivity contribution in [3.8, 4) is 0 Å². The van der Waals surface area contributed by atoms with E-state index < -0.39 is 5.91 Å². The highest BCUT2D eigenvalue weighted by Crippen LogP contribution is 2.32. The normalized spacial score (nSPS) is 18.1. The summed E-state index contributed by atoms with van der Waals surface area (Å²) >= 11 is 0. The van der Waals surface area contributed by atoms with Gasteiger partial charge in [-0.1, -0.05) is 29.5 Å². The van der Waals surface area contributed by atoms with Gasteiger partial charge in [0.05, 0.1) is 5.69 Å². The van der Waals surface area contributed by atoms with Gasteiger partial charge in [0.2, 0.25) is 0 Å². The summed E-state index contributed by atoms with van der Waals surface area (Å²) in [6.45, 7) is 2.07. The van der Waals surface area contributed by atoms with Gasteiger partial charge in [-0.3, -0.25) is 19.6 Å². The first-order valence-electron chi connectivity index (χ1n) is 8.47. The first-order valence-corrected chi connectivity index (χ1v) is 8.47. The van der Waals surface area contributed by atoms with E-state index in [-0.39, 0.29) is 0 Å². The van der Waals surface area contributed by atoms with E-state index in [4.69, 9.17) is 5.21 Å². The average molecular weight is 341 g/mol. The minimum atomic E-state index is -0.532. The summed E-state index contributed by atoms with van der Waals surface area (Å²) in [5.74, 6) is -0.532. The fourth-order valence-electron chi connectivity index (χ4n) is 3.28. The monoisotopic (exact) mass is 341 g/mol. The van der Waals surface area contributed by atoms with Crippen LogP contribution in [0.5, 0.6) is 0 Å². The molecule has 7 nitrogen and oxygen atoms in total. The number of amides is 1. The van der Waals surface area contributed by atoms with Gasteiger partial charge in [0.1, 0.15) is 0 Å². The molecular formula is C18H23N5O2. The van der Waals surface area contributed by atoms with Crippen LogP contribution in [0.15, 0.2) is 36.5 Å². The van der Waals surface area contributed by atoms with Crippen molar-refractivity contribution in [1.82, 2.24) is 25.4 Å². The number of likely N-dealkylation sites (tertiary alicyclic amines) is 1. The lowest BCUT2D eigenvalue weighted by atomic mass is 10.0. The van der Waals surface area contributed by atoms with Crippen LogP contribution in [0, 0.1) is 0 Å². The molecule has 1 aliphatic rings. The summed E-state index contributed by atoms with van der Waals surface area (Å²) in [7, 11) is 1.88. The quantitative estimate of drug-likeness (QED) is 0.475. The Labute approximate surface area is 146 Å². The van der Waals surface area contributed by atoms with Gasteiger partial charge in [-0.15, -0.1) is 5.10 Å². The summed E-state index contributed by atoms with van der Waals surface area (Å²) in [5.41, 5.74) is 4.83. The molecule has 1 aromatic heterocycles. The maximum Gasteiger partial charge on any atom is 0.267 e. The molecule has 0 aliphatic carbocycles. The van der Waals surface area contributed by atoms with Crippen LogP contribution in [0.1, 0.15) is 35.7 Å². The number of hydroxylamine groups is 1. The van der Waals surface area contributed by atoms with E-state index in [9.17, 15) is 4.79 Å². The Morgan fingerprint density at radius 1 is 1.40 bits per heavy atom. The van der Waals surface area contributed by atoms with Crippen molar-refractivity contribution in [2.24, 2.45) is 7.05 Å². The van der Waals surface area contributed by atoms with Crippen LogP contribution in [-0.2, 0) is 18.3 Å². The molecule has 0 bridgehead atoms. The van der Waals surface area contributed by atoms with Crippen molar-refractivity contribution in [2.75, 3.05) is 13.1 Å². The standard InChI is InChI=1S/C18H23N5O2/c1-22-13-16(19-21-22)10-12-23-11-2-3-17(23)15-7-4-14(5-8-15)6-9-18(24)20-25/h4-9,13,17,25H,2-3,10-12H2,1H3,(H,20,24)/t17-/m0/s1. The lowest BCUT2D eigenvalue weighted by molar-refractivity contribution is -0.124. The fraction of sp³-hybridized carbons (Fsp3) is 0.389. The van der Waals surface area contributed by atoms with Gasteiger partial charge in [-0.2, -0.15) is 0 Å². The molecule has 1 aromatic carbocycles.